The first-order chi connectivity index (χ1) is 8.83. The smallest absolute Gasteiger partial charge is 0.134 e. The molecule has 0 aliphatic heterocycles. The number of nitrogens with zero attached hydrogens (tertiary/aromatic N) is 4. The van der Waals surface area contributed by atoms with Gasteiger partial charge >= 0.3 is 0 Å². The highest BCUT2D eigenvalue weighted by Gasteiger charge is 2.04. The first-order valence-corrected chi connectivity index (χ1v) is 5.42. The molecule has 3 aromatic rings. The van der Waals surface area contributed by atoms with E-state index in [0.29, 0.717) is 0 Å². The van der Waals surface area contributed by atoms with Gasteiger partial charge in [0.15, 0.2) is 0 Å². The van der Waals surface area contributed by atoms with E-state index >= 15 is 0 Å². The second-order valence-corrected chi connectivity index (χ2v) is 3.81. The standard InChI is InChI=1S/C13H10N4O/c18-12-4-10(5-15-7-12)13-8-17(9-16-13)11-2-1-3-14-6-11/h1-9,18H. The molecule has 1 N–H and O–H groups in total. The summed E-state index contributed by atoms with van der Waals surface area (Å²) in [4.78, 5) is 12.3. The molecule has 0 bridgehead atoms. The molecule has 0 atom stereocenters. The molecule has 0 amide bonds. The Hall–Kier alpha value is -2.69. The van der Waals surface area contributed by atoms with Gasteiger partial charge in [0, 0.05) is 24.2 Å². The maximum absolute atomic E-state index is 9.39. The van der Waals surface area contributed by atoms with Crippen molar-refractivity contribution >= 4 is 0 Å². The van der Waals surface area contributed by atoms with Gasteiger partial charge in [-0.15, -0.1) is 0 Å². The van der Waals surface area contributed by atoms with Crippen LogP contribution in [0.5, 0.6) is 5.75 Å². The molecule has 0 aliphatic carbocycles. The zero-order chi connectivity index (χ0) is 12.4. The largest absolute Gasteiger partial charge is 0.506 e. The lowest BCUT2D eigenvalue weighted by atomic mass is 10.2. The van der Waals surface area contributed by atoms with Gasteiger partial charge in [0.1, 0.15) is 5.75 Å². The predicted octanol–water partition coefficient (Wildman–Crippen LogP) is 2.03. The molecule has 5 heteroatoms. The summed E-state index contributed by atoms with van der Waals surface area (Å²) >= 11 is 0. The highest BCUT2D eigenvalue weighted by atomic mass is 16.3. The zero-order valence-corrected chi connectivity index (χ0v) is 9.43. The quantitative estimate of drug-likeness (QED) is 0.742. The van der Waals surface area contributed by atoms with E-state index in [-0.39, 0.29) is 5.75 Å². The fraction of sp³-hybridized carbons (Fsp3) is 0. The molecular formula is C13H10N4O. The van der Waals surface area contributed by atoms with Gasteiger partial charge in [0.25, 0.3) is 0 Å². The van der Waals surface area contributed by atoms with E-state index in [0.717, 1.165) is 16.9 Å². The van der Waals surface area contributed by atoms with Crippen LogP contribution in [-0.4, -0.2) is 24.6 Å². The van der Waals surface area contributed by atoms with Gasteiger partial charge in [-0.3, -0.25) is 9.97 Å². The molecule has 0 fully saturated rings. The van der Waals surface area contributed by atoms with Crippen LogP contribution in [0, 0.1) is 0 Å². The number of imidazole rings is 1. The van der Waals surface area contributed by atoms with E-state index in [1.54, 1.807) is 31.0 Å². The fourth-order valence-electron chi connectivity index (χ4n) is 1.69. The summed E-state index contributed by atoms with van der Waals surface area (Å²) in [6.07, 6.45) is 10.1. The van der Waals surface area contributed by atoms with Crippen LogP contribution in [0.4, 0.5) is 0 Å². The minimum absolute atomic E-state index is 0.128. The lowest BCUT2D eigenvalue weighted by molar-refractivity contribution is 0.473. The van der Waals surface area contributed by atoms with E-state index in [1.165, 1.54) is 6.20 Å². The third-order valence-electron chi connectivity index (χ3n) is 2.55. The zero-order valence-electron chi connectivity index (χ0n) is 9.43. The molecule has 3 aromatic heterocycles. The van der Waals surface area contributed by atoms with E-state index in [1.807, 2.05) is 22.9 Å². The molecule has 0 aromatic carbocycles. The Balaban J connectivity index is 2.00. The van der Waals surface area contributed by atoms with E-state index < -0.39 is 0 Å². The van der Waals surface area contributed by atoms with Gasteiger partial charge in [0.05, 0.1) is 30.1 Å². The number of rotatable bonds is 2. The number of pyridine rings is 2. The number of aromatic nitrogens is 4. The van der Waals surface area contributed by atoms with Crippen molar-refractivity contribution in [2.45, 2.75) is 0 Å². The molecule has 0 aliphatic rings. The highest BCUT2D eigenvalue weighted by Crippen LogP contribution is 2.20. The first-order valence-electron chi connectivity index (χ1n) is 5.42. The van der Waals surface area contributed by atoms with Crippen molar-refractivity contribution < 1.29 is 5.11 Å². The Morgan fingerprint density at radius 3 is 2.83 bits per heavy atom. The number of hydrogen-bond donors (Lipinski definition) is 1. The molecule has 18 heavy (non-hydrogen) atoms. The second-order valence-electron chi connectivity index (χ2n) is 3.81. The third kappa shape index (κ3) is 1.93. The van der Waals surface area contributed by atoms with Crippen molar-refractivity contribution in [3.8, 4) is 22.7 Å². The highest BCUT2D eigenvalue weighted by molar-refractivity contribution is 5.59. The van der Waals surface area contributed by atoms with Gasteiger partial charge in [0.2, 0.25) is 0 Å². The van der Waals surface area contributed by atoms with Crippen LogP contribution in [0.25, 0.3) is 16.9 Å². The summed E-state index contributed by atoms with van der Waals surface area (Å²) in [7, 11) is 0. The predicted molar refractivity (Wildman–Crippen MR) is 66.3 cm³/mol. The molecule has 0 saturated heterocycles. The SMILES string of the molecule is Oc1cncc(-c2cn(-c3cccnc3)cn2)c1. The Morgan fingerprint density at radius 1 is 1.11 bits per heavy atom. The van der Waals surface area contributed by atoms with Crippen LogP contribution in [0.2, 0.25) is 0 Å². The van der Waals surface area contributed by atoms with Crippen molar-refractivity contribution in [2.24, 2.45) is 0 Å². The van der Waals surface area contributed by atoms with Crippen LogP contribution < -0.4 is 0 Å². The van der Waals surface area contributed by atoms with Gasteiger partial charge < -0.3 is 9.67 Å². The monoisotopic (exact) mass is 238 g/mol. The first kappa shape index (κ1) is 10.5. The van der Waals surface area contributed by atoms with Gasteiger partial charge in [-0.2, -0.15) is 0 Å². The van der Waals surface area contributed by atoms with Crippen LogP contribution in [-0.2, 0) is 0 Å². The topological polar surface area (TPSA) is 63.8 Å². The molecule has 5 nitrogen and oxygen atoms in total. The van der Waals surface area contributed by atoms with Crippen molar-refractivity contribution in [1.82, 2.24) is 19.5 Å². The molecule has 0 unspecified atom stereocenters. The van der Waals surface area contributed by atoms with Crippen molar-refractivity contribution in [3.05, 3.63) is 55.5 Å². The lowest BCUT2D eigenvalue weighted by Crippen LogP contribution is -1.89. The molecule has 3 rings (SSSR count). The molecule has 0 spiro atoms. The van der Waals surface area contributed by atoms with Crippen molar-refractivity contribution in [2.75, 3.05) is 0 Å². The molecular weight excluding hydrogens is 228 g/mol. The van der Waals surface area contributed by atoms with Crippen molar-refractivity contribution in [3.63, 3.8) is 0 Å². The van der Waals surface area contributed by atoms with Gasteiger partial charge in [-0.05, 0) is 18.2 Å². The lowest BCUT2D eigenvalue weighted by Gasteiger charge is -1.99. The summed E-state index contributed by atoms with van der Waals surface area (Å²) < 4.78 is 1.87. The third-order valence-corrected chi connectivity index (χ3v) is 2.55. The minimum Gasteiger partial charge on any atom is -0.506 e. The van der Waals surface area contributed by atoms with Gasteiger partial charge in [-0.25, -0.2) is 4.98 Å². The molecule has 0 radical (unpaired) electrons. The molecule has 0 saturated carbocycles. The Kier molecular flexibility index (Phi) is 2.49. The second kappa shape index (κ2) is 4.29. The number of hydrogen-bond acceptors (Lipinski definition) is 4. The Labute approximate surface area is 103 Å². The van der Waals surface area contributed by atoms with Gasteiger partial charge in [-0.1, -0.05) is 0 Å². The van der Waals surface area contributed by atoms with Crippen LogP contribution >= 0.6 is 0 Å². The molecule has 88 valence electrons. The normalized spacial score (nSPS) is 10.4. The van der Waals surface area contributed by atoms with Crippen LogP contribution in [0.3, 0.4) is 0 Å². The summed E-state index contributed by atoms with van der Waals surface area (Å²) in [5.74, 6) is 0.128. The Morgan fingerprint density at radius 2 is 2.06 bits per heavy atom. The van der Waals surface area contributed by atoms with E-state index in [2.05, 4.69) is 15.0 Å². The minimum atomic E-state index is 0.128. The summed E-state index contributed by atoms with van der Waals surface area (Å²) in [5.41, 5.74) is 2.46. The summed E-state index contributed by atoms with van der Waals surface area (Å²) in [6.45, 7) is 0. The fourth-order valence-corrected chi connectivity index (χ4v) is 1.69. The van der Waals surface area contributed by atoms with Crippen LogP contribution in [0.1, 0.15) is 0 Å². The molecule has 3 heterocycles. The van der Waals surface area contributed by atoms with E-state index in [4.69, 9.17) is 0 Å². The maximum atomic E-state index is 9.39. The average molecular weight is 238 g/mol. The number of aromatic hydroxyl groups is 1. The summed E-state index contributed by atoms with van der Waals surface area (Å²) in [6, 6.07) is 5.44. The summed E-state index contributed by atoms with van der Waals surface area (Å²) in [5, 5.41) is 9.39. The average Bonchev–Trinajstić information content (AvgIpc) is 2.89. The Bertz CT molecular complexity index is 664. The van der Waals surface area contributed by atoms with E-state index in [9.17, 15) is 5.11 Å². The van der Waals surface area contributed by atoms with Crippen molar-refractivity contribution in [1.29, 1.82) is 0 Å². The maximum Gasteiger partial charge on any atom is 0.134 e. The van der Waals surface area contributed by atoms with Crippen LogP contribution in [0.15, 0.2) is 55.5 Å².